The van der Waals surface area contributed by atoms with Crippen molar-refractivity contribution in [3.05, 3.63) is 53.3 Å². The maximum Gasteiger partial charge on any atom is 0.264 e. The third-order valence-corrected chi connectivity index (χ3v) is 5.36. The van der Waals surface area contributed by atoms with Gasteiger partial charge >= 0.3 is 0 Å². The van der Waals surface area contributed by atoms with Crippen LogP contribution in [0, 0.1) is 19.7 Å². The number of nitrogens with zero attached hydrogens (tertiary/aromatic N) is 1. The predicted octanol–water partition coefficient (Wildman–Crippen LogP) is 2.85. The Morgan fingerprint density at radius 3 is 2.43 bits per heavy atom. The van der Waals surface area contributed by atoms with Gasteiger partial charge in [-0.1, -0.05) is 6.07 Å². The first-order valence-corrected chi connectivity index (χ1v) is 7.78. The number of nitrogen functional groups attached to an aromatic ring is 1. The summed E-state index contributed by atoms with van der Waals surface area (Å²) in [5.74, 6) is -0.491. The quantitative estimate of drug-likeness (QED) is 0.887. The first kappa shape index (κ1) is 15.3. The molecular weight excluding hydrogens is 291 g/mol. The van der Waals surface area contributed by atoms with E-state index < -0.39 is 15.8 Å². The highest BCUT2D eigenvalue weighted by atomic mass is 32.2. The second kappa shape index (κ2) is 5.37. The molecule has 0 atom stereocenters. The van der Waals surface area contributed by atoms with Crippen molar-refractivity contribution in [2.75, 3.05) is 17.1 Å². The van der Waals surface area contributed by atoms with Gasteiger partial charge in [0.1, 0.15) is 5.82 Å². The molecule has 0 saturated heterocycles. The molecule has 0 aliphatic carbocycles. The zero-order chi connectivity index (χ0) is 15.8. The van der Waals surface area contributed by atoms with Crippen LogP contribution in [0.4, 0.5) is 15.8 Å². The van der Waals surface area contributed by atoms with Crippen molar-refractivity contribution in [3.63, 3.8) is 0 Å². The molecule has 0 unspecified atom stereocenters. The Balaban J connectivity index is 2.57. The number of hydrogen-bond acceptors (Lipinski definition) is 3. The molecule has 112 valence electrons. The first-order chi connectivity index (χ1) is 9.73. The molecule has 2 N–H and O–H groups in total. The van der Waals surface area contributed by atoms with Crippen LogP contribution in [0.5, 0.6) is 0 Å². The van der Waals surface area contributed by atoms with E-state index in [1.165, 1.54) is 37.4 Å². The Morgan fingerprint density at radius 1 is 1.14 bits per heavy atom. The minimum Gasteiger partial charge on any atom is -0.399 e. The number of benzene rings is 2. The van der Waals surface area contributed by atoms with E-state index in [1.807, 2.05) is 0 Å². The van der Waals surface area contributed by atoms with Crippen LogP contribution in [0.15, 0.2) is 41.3 Å². The maximum absolute atomic E-state index is 13.3. The van der Waals surface area contributed by atoms with Gasteiger partial charge in [0.15, 0.2) is 0 Å². The molecule has 2 aromatic carbocycles. The summed E-state index contributed by atoms with van der Waals surface area (Å²) in [6.07, 6.45) is 0. The van der Waals surface area contributed by atoms with E-state index in [1.54, 1.807) is 19.9 Å². The van der Waals surface area contributed by atoms with Crippen LogP contribution in [-0.2, 0) is 10.0 Å². The van der Waals surface area contributed by atoms with Crippen molar-refractivity contribution in [2.24, 2.45) is 0 Å². The molecule has 21 heavy (non-hydrogen) atoms. The van der Waals surface area contributed by atoms with Crippen LogP contribution in [0.3, 0.4) is 0 Å². The summed E-state index contributed by atoms with van der Waals surface area (Å²) >= 11 is 0. The van der Waals surface area contributed by atoms with Gasteiger partial charge in [-0.15, -0.1) is 0 Å². The molecule has 0 aromatic heterocycles. The van der Waals surface area contributed by atoms with Crippen molar-refractivity contribution < 1.29 is 12.8 Å². The SMILES string of the molecule is Cc1cc(N)cc(S(=O)(=O)N(C)c2cccc(F)c2)c1C. The molecule has 0 radical (unpaired) electrons. The standard InChI is InChI=1S/C15H17FN2O2S/c1-10-7-13(17)9-15(11(10)2)21(19,20)18(3)14-6-4-5-12(16)8-14/h4-9H,17H2,1-3H3. The normalized spacial score (nSPS) is 11.4. The molecule has 0 heterocycles. The highest BCUT2D eigenvalue weighted by Gasteiger charge is 2.24. The summed E-state index contributed by atoms with van der Waals surface area (Å²) in [6, 6.07) is 8.58. The highest BCUT2D eigenvalue weighted by Crippen LogP contribution is 2.28. The lowest BCUT2D eigenvalue weighted by molar-refractivity contribution is 0.593. The predicted molar refractivity (Wildman–Crippen MR) is 82.3 cm³/mol. The minimum atomic E-state index is -3.80. The first-order valence-electron chi connectivity index (χ1n) is 6.34. The molecule has 0 amide bonds. The van der Waals surface area contributed by atoms with E-state index in [9.17, 15) is 12.8 Å². The number of nitrogens with two attached hydrogens (primary N) is 1. The van der Waals surface area contributed by atoms with Crippen molar-refractivity contribution in [2.45, 2.75) is 18.7 Å². The number of rotatable bonds is 3. The Morgan fingerprint density at radius 2 is 1.81 bits per heavy atom. The van der Waals surface area contributed by atoms with Gasteiger partial charge in [-0.05, 0) is 55.3 Å². The maximum atomic E-state index is 13.3. The third-order valence-electron chi connectivity index (χ3n) is 3.45. The molecule has 4 nitrogen and oxygen atoms in total. The van der Waals surface area contributed by atoms with Gasteiger partial charge in [-0.3, -0.25) is 4.31 Å². The second-order valence-electron chi connectivity index (χ2n) is 4.91. The average molecular weight is 308 g/mol. The van der Waals surface area contributed by atoms with E-state index in [-0.39, 0.29) is 10.6 Å². The van der Waals surface area contributed by atoms with Crippen LogP contribution in [-0.4, -0.2) is 15.5 Å². The molecule has 0 saturated carbocycles. The van der Waals surface area contributed by atoms with Crippen LogP contribution in [0.2, 0.25) is 0 Å². The molecule has 6 heteroatoms. The van der Waals surface area contributed by atoms with E-state index in [0.29, 0.717) is 11.3 Å². The molecule has 0 aliphatic rings. The summed E-state index contributed by atoms with van der Waals surface area (Å²) in [6.45, 7) is 3.52. The monoisotopic (exact) mass is 308 g/mol. The summed E-state index contributed by atoms with van der Waals surface area (Å²) in [7, 11) is -2.41. The summed E-state index contributed by atoms with van der Waals surface area (Å²) in [4.78, 5) is 0.131. The van der Waals surface area contributed by atoms with Crippen molar-refractivity contribution in [1.29, 1.82) is 0 Å². The number of aryl methyl sites for hydroxylation is 1. The Hall–Kier alpha value is -2.08. The molecule has 2 rings (SSSR count). The fourth-order valence-electron chi connectivity index (χ4n) is 2.08. The van der Waals surface area contributed by atoms with Crippen LogP contribution < -0.4 is 10.0 Å². The summed E-state index contributed by atoms with van der Waals surface area (Å²) < 4.78 is 39.8. The minimum absolute atomic E-state index is 0.131. The lowest BCUT2D eigenvalue weighted by Crippen LogP contribution is -2.27. The third kappa shape index (κ3) is 2.85. The lowest BCUT2D eigenvalue weighted by Gasteiger charge is -2.21. The molecule has 2 aromatic rings. The Labute approximate surface area is 124 Å². The van der Waals surface area contributed by atoms with Gasteiger partial charge in [-0.25, -0.2) is 12.8 Å². The van der Waals surface area contributed by atoms with Crippen LogP contribution in [0.1, 0.15) is 11.1 Å². The Bertz CT molecular complexity index is 788. The Kier molecular flexibility index (Phi) is 3.91. The largest absolute Gasteiger partial charge is 0.399 e. The van der Waals surface area contributed by atoms with Gasteiger partial charge in [0.05, 0.1) is 10.6 Å². The fourth-order valence-corrected chi connectivity index (χ4v) is 3.60. The van der Waals surface area contributed by atoms with Crippen LogP contribution in [0.25, 0.3) is 0 Å². The molecular formula is C15H17FN2O2S. The number of sulfonamides is 1. The fraction of sp³-hybridized carbons (Fsp3) is 0.200. The van der Waals surface area contributed by atoms with Crippen molar-refractivity contribution >= 4 is 21.4 Å². The topological polar surface area (TPSA) is 63.4 Å². The van der Waals surface area contributed by atoms with Gasteiger partial charge in [0, 0.05) is 12.7 Å². The molecule has 0 spiro atoms. The number of anilines is 2. The number of halogens is 1. The molecule has 0 bridgehead atoms. The second-order valence-corrected chi connectivity index (χ2v) is 6.85. The molecule has 0 fully saturated rings. The highest BCUT2D eigenvalue weighted by molar-refractivity contribution is 7.92. The van der Waals surface area contributed by atoms with E-state index in [2.05, 4.69) is 0 Å². The zero-order valence-electron chi connectivity index (χ0n) is 12.1. The van der Waals surface area contributed by atoms with Gasteiger partial charge in [-0.2, -0.15) is 0 Å². The van der Waals surface area contributed by atoms with Gasteiger partial charge in [0.25, 0.3) is 10.0 Å². The summed E-state index contributed by atoms with van der Waals surface area (Å²) in [5, 5.41) is 0. The molecule has 0 aliphatic heterocycles. The van der Waals surface area contributed by atoms with Gasteiger partial charge < -0.3 is 5.73 Å². The summed E-state index contributed by atoms with van der Waals surface area (Å²) in [5.41, 5.74) is 7.81. The van der Waals surface area contributed by atoms with Crippen molar-refractivity contribution in [3.8, 4) is 0 Å². The number of hydrogen-bond donors (Lipinski definition) is 1. The van der Waals surface area contributed by atoms with Gasteiger partial charge in [0.2, 0.25) is 0 Å². The van der Waals surface area contributed by atoms with E-state index in [4.69, 9.17) is 5.73 Å². The zero-order valence-corrected chi connectivity index (χ0v) is 12.9. The smallest absolute Gasteiger partial charge is 0.264 e. The van der Waals surface area contributed by atoms with Crippen LogP contribution >= 0.6 is 0 Å². The van der Waals surface area contributed by atoms with Crippen molar-refractivity contribution in [1.82, 2.24) is 0 Å². The van der Waals surface area contributed by atoms with E-state index >= 15 is 0 Å². The average Bonchev–Trinajstić information content (AvgIpc) is 2.41. The van der Waals surface area contributed by atoms with E-state index in [0.717, 1.165) is 9.87 Å². The lowest BCUT2D eigenvalue weighted by atomic mass is 10.1.